The van der Waals surface area contributed by atoms with Crippen LogP contribution < -0.4 is 0 Å². The fourth-order valence-corrected chi connectivity index (χ4v) is 3.49. The minimum Gasteiger partial charge on any atom is -0.393 e. The summed E-state index contributed by atoms with van der Waals surface area (Å²) in [6.45, 7) is 1.24. The van der Waals surface area contributed by atoms with E-state index in [4.69, 9.17) is 97.9 Å². The number of halogens is 8. The van der Waals surface area contributed by atoms with Gasteiger partial charge in [-0.25, -0.2) is 0 Å². The highest BCUT2D eigenvalue weighted by Gasteiger charge is 2.67. The third-order valence-electron chi connectivity index (χ3n) is 2.61. The second kappa shape index (κ2) is 7.70. The Labute approximate surface area is 153 Å². The Hall–Kier alpha value is 2.28. The summed E-state index contributed by atoms with van der Waals surface area (Å²) in [5.74, 6) is 0. The lowest BCUT2D eigenvalue weighted by Crippen LogP contribution is -2.59. The summed E-state index contributed by atoms with van der Waals surface area (Å²) in [7, 11) is 0. The summed E-state index contributed by atoms with van der Waals surface area (Å²) in [5, 5.41) is 9.14. The molecule has 0 aliphatic rings. The Morgan fingerprint density at radius 2 is 1.16 bits per heavy atom. The highest BCUT2D eigenvalue weighted by Crippen LogP contribution is 2.62. The van der Waals surface area contributed by atoms with E-state index in [0.29, 0.717) is 6.42 Å². The largest absolute Gasteiger partial charge is 0.393 e. The van der Waals surface area contributed by atoms with Crippen molar-refractivity contribution in [3.63, 3.8) is 0 Å². The molecule has 0 fully saturated rings. The molecule has 0 amide bonds. The Bertz CT molecular complexity index is 289. The van der Waals surface area contributed by atoms with Crippen molar-refractivity contribution in [2.75, 3.05) is 6.61 Å². The van der Waals surface area contributed by atoms with Crippen LogP contribution in [0.2, 0.25) is 0 Å². The molecule has 0 aromatic carbocycles. The van der Waals surface area contributed by atoms with Gasteiger partial charge in [0.1, 0.15) is 0 Å². The van der Waals surface area contributed by atoms with Gasteiger partial charge in [0.15, 0.2) is 17.3 Å². The van der Waals surface area contributed by atoms with Gasteiger partial charge < -0.3 is 5.11 Å². The van der Waals surface area contributed by atoms with Gasteiger partial charge in [-0.05, 0) is 6.42 Å². The topological polar surface area (TPSA) is 20.2 Å². The highest BCUT2D eigenvalue weighted by atomic mass is 35.6. The normalized spacial score (nSPS) is 14.8. The van der Waals surface area contributed by atoms with Gasteiger partial charge in [0.05, 0.1) is 6.61 Å². The second-order valence-corrected chi connectivity index (χ2v) is 9.80. The molecular weight excluding hydrogens is 420 g/mol. The molecule has 0 spiro atoms. The molecule has 0 heterocycles. The SMILES string of the molecule is CCCCCC(Cl)(Cl)C(Cl)(Cl)C(Cl)(Cl)C(Cl)(Cl)CO. The standard InChI is InChI=1S/C10H14Cl8O/c1-2-3-4-5-7(11,12)9(15,16)10(17,18)8(13,14)6-19/h19H,2-6H2,1H3. The molecule has 116 valence electrons. The molecule has 0 atom stereocenters. The van der Waals surface area contributed by atoms with E-state index in [1.807, 2.05) is 6.92 Å². The fourth-order valence-electron chi connectivity index (χ4n) is 1.31. The molecule has 0 aliphatic carbocycles. The Morgan fingerprint density at radius 1 is 0.737 bits per heavy atom. The smallest absolute Gasteiger partial charge is 0.188 e. The minimum absolute atomic E-state index is 0.243. The Balaban J connectivity index is 5.22. The van der Waals surface area contributed by atoms with Crippen LogP contribution in [0.15, 0.2) is 0 Å². The first-order valence-corrected chi connectivity index (χ1v) is 8.52. The predicted octanol–water partition coefficient (Wildman–Crippen LogP) is 6.25. The van der Waals surface area contributed by atoms with E-state index in [1.54, 1.807) is 0 Å². The molecule has 0 saturated heterocycles. The van der Waals surface area contributed by atoms with Crippen molar-refractivity contribution < 1.29 is 5.11 Å². The lowest BCUT2D eigenvalue weighted by molar-refractivity contribution is 0.263. The van der Waals surface area contributed by atoms with E-state index in [-0.39, 0.29) is 6.42 Å². The van der Waals surface area contributed by atoms with Crippen LogP contribution in [0, 0.1) is 0 Å². The number of aliphatic hydroxyl groups excluding tert-OH is 1. The lowest BCUT2D eigenvalue weighted by atomic mass is 10.0. The number of aliphatic hydroxyl groups is 1. The quantitative estimate of drug-likeness (QED) is 0.354. The fraction of sp³-hybridized carbons (Fsp3) is 1.00. The van der Waals surface area contributed by atoms with E-state index in [1.165, 1.54) is 0 Å². The van der Waals surface area contributed by atoms with Gasteiger partial charge in [0, 0.05) is 0 Å². The summed E-state index contributed by atoms with van der Waals surface area (Å²) in [6.07, 6.45) is 2.76. The highest BCUT2D eigenvalue weighted by molar-refractivity contribution is 6.73. The molecule has 0 aromatic rings. The van der Waals surface area contributed by atoms with Crippen molar-refractivity contribution in [2.24, 2.45) is 0 Å². The number of rotatable bonds is 8. The van der Waals surface area contributed by atoms with Gasteiger partial charge in [0.2, 0.25) is 0 Å². The summed E-state index contributed by atoms with van der Waals surface area (Å²) in [6, 6.07) is 0. The van der Waals surface area contributed by atoms with Crippen LogP contribution in [-0.4, -0.2) is 29.0 Å². The van der Waals surface area contributed by atoms with Crippen LogP contribution in [-0.2, 0) is 0 Å². The molecule has 1 nitrogen and oxygen atoms in total. The maximum atomic E-state index is 9.14. The van der Waals surface area contributed by atoms with E-state index in [0.717, 1.165) is 12.8 Å². The maximum Gasteiger partial charge on any atom is 0.188 e. The first-order valence-electron chi connectivity index (χ1n) is 5.49. The van der Waals surface area contributed by atoms with E-state index >= 15 is 0 Å². The minimum atomic E-state index is -2.18. The molecule has 1 N–H and O–H groups in total. The van der Waals surface area contributed by atoms with Gasteiger partial charge in [-0.2, -0.15) is 0 Å². The summed E-state index contributed by atoms with van der Waals surface area (Å²) in [5.41, 5.74) is 0. The number of unbranched alkanes of at least 4 members (excludes halogenated alkanes) is 2. The van der Waals surface area contributed by atoms with Crippen molar-refractivity contribution in [2.45, 2.75) is 49.9 Å². The Morgan fingerprint density at radius 3 is 1.53 bits per heavy atom. The van der Waals surface area contributed by atoms with Crippen LogP contribution in [0.5, 0.6) is 0 Å². The summed E-state index contributed by atoms with van der Waals surface area (Å²) in [4.78, 5) is 0. The van der Waals surface area contributed by atoms with Crippen molar-refractivity contribution in [3.05, 3.63) is 0 Å². The molecule has 0 radical (unpaired) electrons. The maximum absolute atomic E-state index is 9.14. The van der Waals surface area contributed by atoms with Gasteiger partial charge in [-0.15, -0.1) is 0 Å². The average molecular weight is 434 g/mol. The molecule has 0 aromatic heterocycles. The zero-order valence-electron chi connectivity index (χ0n) is 10.0. The van der Waals surface area contributed by atoms with Gasteiger partial charge in [0.25, 0.3) is 0 Å². The number of hydrogen-bond acceptors (Lipinski definition) is 1. The zero-order chi connectivity index (χ0) is 15.5. The van der Waals surface area contributed by atoms with E-state index in [2.05, 4.69) is 0 Å². The monoisotopic (exact) mass is 430 g/mol. The molecule has 0 rings (SSSR count). The van der Waals surface area contributed by atoms with Gasteiger partial charge >= 0.3 is 0 Å². The number of hydrogen-bond donors (Lipinski definition) is 1. The molecule has 9 heteroatoms. The van der Waals surface area contributed by atoms with Crippen molar-refractivity contribution >= 4 is 92.8 Å². The molecule has 0 saturated carbocycles. The van der Waals surface area contributed by atoms with E-state index in [9.17, 15) is 0 Å². The molecule has 19 heavy (non-hydrogen) atoms. The summed E-state index contributed by atoms with van der Waals surface area (Å²) < 4.78 is -7.98. The van der Waals surface area contributed by atoms with Crippen molar-refractivity contribution in [1.29, 1.82) is 0 Å². The van der Waals surface area contributed by atoms with Crippen LogP contribution in [0.25, 0.3) is 0 Å². The average Bonchev–Trinajstić information content (AvgIpc) is 2.28. The molecule has 0 aliphatic heterocycles. The van der Waals surface area contributed by atoms with Crippen molar-refractivity contribution in [1.82, 2.24) is 0 Å². The Kier molecular flexibility index (Phi) is 8.63. The molecule has 0 bridgehead atoms. The van der Waals surface area contributed by atoms with E-state index < -0.39 is 23.9 Å². The van der Waals surface area contributed by atoms with Crippen LogP contribution >= 0.6 is 92.8 Å². The zero-order valence-corrected chi connectivity index (χ0v) is 16.1. The number of alkyl halides is 8. The molecular formula is C10H14Cl8O. The lowest BCUT2D eigenvalue weighted by Gasteiger charge is -2.45. The van der Waals surface area contributed by atoms with Crippen LogP contribution in [0.4, 0.5) is 0 Å². The van der Waals surface area contributed by atoms with Crippen LogP contribution in [0.1, 0.15) is 32.6 Å². The van der Waals surface area contributed by atoms with Gasteiger partial charge in [-0.1, -0.05) is 119 Å². The predicted molar refractivity (Wildman–Crippen MR) is 89.0 cm³/mol. The third-order valence-corrected chi connectivity index (χ3v) is 7.94. The van der Waals surface area contributed by atoms with Gasteiger partial charge in [-0.3, -0.25) is 0 Å². The van der Waals surface area contributed by atoms with Crippen LogP contribution in [0.3, 0.4) is 0 Å². The van der Waals surface area contributed by atoms with Crippen molar-refractivity contribution in [3.8, 4) is 0 Å². The third kappa shape index (κ3) is 4.62. The first kappa shape index (κ1) is 21.3. The summed E-state index contributed by atoms with van der Waals surface area (Å²) >= 11 is 48.2. The second-order valence-electron chi connectivity index (χ2n) is 4.17. The first-order chi connectivity index (χ1) is 8.37. The molecule has 0 unspecified atom stereocenters.